The van der Waals surface area contributed by atoms with Crippen LogP contribution in [-0.4, -0.2) is 12.6 Å². The summed E-state index contributed by atoms with van der Waals surface area (Å²) < 4.78 is 0. The Kier molecular flexibility index (Phi) is 5.65. The molecule has 1 unspecified atom stereocenters. The summed E-state index contributed by atoms with van der Waals surface area (Å²) in [5, 5.41) is 6.23. The van der Waals surface area contributed by atoms with Crippen molar-refractivity contribution in [2.45, 2.75) is 39.2 Å². The molecule has 0 aromatic heterocycles. The first-order valence-corrected chi connectivity index (χ1v) is 7.44. The molecule has 104 valence electrons. The Morgan fingerprint density at radius 3 is 2.65 bits per heavy atom. The lowest BCUT2D eigenvalue weighted by atomic mass is 10.00. The molecule has 2 rings (SSSR count). The van der Waals surface area contributed by atoms with Gasteiger partial charge in [0.25, 0.3) is 0 Å². The summed E-state index contributed by atoms with van der Waals surface area (Å²) in [5.41, 5.74) is 1.38. The van der Waals surface area contributed by atoms with Crippen LogP contribution in [0, 0.1) is 11.8 Å². The van der Waals surface area contributed by atoms with E-state index in [4.69, 9.17) is 0 Å². The van der Waals surface area contributed by atoms with Gasteiger partial charge in [0.15, 0.2) is 0 Å². The van der Waals surface area contributed by atoms with Crippen LogP contribution in [0.15, 0.2) is 42.5 Å². The average Bonchev–Trinajstić information content (AvgIpc) is 2.50. The molecule has 0 heterocycles. The standard InChI is InChI=1S/C19H23N/c1-3-5-10-19(20-13-4-2)15-16-11-12-17-8-6-7-9-18(17)14-16/h6-9,11-12,14,19-20H,4,10,13,15H2,1-2H3. The zero-order valence-corrected chi connectivity index (χ0v) is 12.4. The minimum absolute atomic E-state index is 0.448. The fourth-order valence-electron chi connectivity index (χ4n) is 2.44. The SMILES string of the molecule is CC#CCC(Cc1ccc2ccccc2c1)NCCC. The third-order valence-corrected chi connectivity index (χ3v) is 3.50. The lowest BCUT2D eigenvalue weighted by Crippen LogP contribution is -2.31. The Bertz CT molecular complexity index is 604. The van der Waals surface area contributed by atoms with Crippen molar-refractivity contribution in [1.82, 2.24) is 5.32 Å². The summed E-state index contributed by atoms with van der Waals surface area (Å²) in [5.74, 6) is 6.20. The summed E-state index contributed by atoms with van der Waals surface area (Å²) in [6, 6.07) is 15.7. The first-order valence-electron chi connectivity index (χ1n) is 7.44. The van der Waals surface area contributed by atoms with E-state index in [0.717, 1.165) is 25.8 Å². The van der Waals surface area contributed by atoms with Gasteiger partial charge in [-0.3, -0.25) is 0 Å². The van der Waals surface area contributed by atoms with E-state index < -0.39 is 0 Å². The van der Waals surface area contributed by atoms with E-state index in [2.05, 4.69) is 66.5 Å². The second-order valence-electron chi connectivity index (χ2n) is 5.17. The molecule has 2 aromatic carbocycles. The van der Waals surface area contributed by atoms with E-state index >= 15 is 0 Å². The summed E-state index contributed by atoms with van der Waals surface area (Å²) >= 11 is 0. The number of fused-ring (bicyclic) bond motifs is 1. The molecule has 0 spiro atoms. The molecule has 1 atom stereocenters. The molecule has 0 saturated carbocycles. The monoisotopic (exact) mass is 265 g/mol. The number of hydrogen-bond acceptors (Lipinski definition) is 1. The van der Waals surface area contributed by atoms with Crippen molar-refractivity contribution in [1.29, 1.82) is 0 Å². The molecule has 0 aliphatic carbocycles. The third-order valence-electron chi connectivity index (χ3n) is 3.50. The molecule has 0 bridgehead atoms. The van der Waals surface area contributed by atoms with Crippen molar-refractivity contribution in [3.8, 4) is 11.8 Å². The maximum Gasteiger partial charge on any atom is 0.0246 e. The van der Waals surface area contributed by atoms with Gasteiger partial charge in [-0.05, 0) is 42.6 Å². The van der Waals surface area contributed by atoms with Gasteiger partial charge in [0.2, 0.25) is 0 Å². The molecular formula is C19H23N. The lowest BCUT2D eigenvalue weighted by Gasteiger charge is -2.16. The highest BCUT2D eigenvalue weighted by Crippen LogP contribution is 2.17. The average molecular weight is 265 g/mol. The summed E-state index contributed by atoms with van der Waals surface area (Å²) in [4.78, 5) is 0. The maximum atomic E-state index is 3.60. The maximum absolute atomic E-state index is 3.60. The van der Waals surface area contributed by atoms with E-state index in [1.165, 1.54) is 16.3 Å². The second kappa shape index (κ2) is 7.72. The zero-order valence-electron chi connectivity index (χ0n) is 12.4. The highest BCUT2D eigenvalue weighted by molar-refractivity contribution is 5.82. The molecule has 0 aliphatic rings. The van der Waals surface area contributed by atoms with Gasteiger partial charge >= 0.3 is 0 Å². The zero-order chi connectivity index (χ0) is 14.2. The van der Waals surface area contributed by atoms with Crippen LogP contribution in [0.3, 0.4) is 0 Å². The fraction of sp³-hybridized carbons (Fsp3) is 0.368. The normalized spacial score (nSPS) is 11.9. The molecule has 2 aromatic rings. The largest absolute Gasteiger partial charge is 0.313 e. The molecule has 0 fully saturated rings. The van der Waals surface area contributed by atoms with Crippen molar-refractivity contribution in [2.24, 2.45) is 0 Å². The van der Waals surface area contributed by atoms with Gasteiger partial charge in [-0.15, -0.1) is 11.8 Å². The molecule has 20 heavy (non-hydrogen) atoms. The van der Waals surface area contributed by atoms with E-state index in [-0.39, 0.29) is 0 Å². The minimum Gasteiger partial charge on any atom is -0.313 e. The number of rotatable bonds is 6. The molecule has 1 nitrogen and oxygen atoms in total. The molecule has 0 amide bonds. The van der Waals surface area contributed by atoms with Crippen LogP contribution in [0.2, 0.25) is 0 Å². The van der Waals surface area contributed by atoms with Gasteiger partial charge in [0, 0.05) is 12.5 Å². The summed E-state index contributed by atoms with van der Waals surface area (Å²) in [6.45, 7) is 5.17. The Hall–Kier alpha value is -1.78. The third kappa shape index (κ3) is 4.11. The highest BCUT2D eigenvalue weighted by atomic mass is 14.9. The first-order chi connectivity index (χ1) is 9.83. The quantitative estimate of drug-likeness (QED) is 0.773. The van der Waals surface area contributed by atoms with Gasteiger partial charge < -0.3 is 5.32 Å². The van der Waals surface area contributed by atoms with Crippen LogP contribution in [0.25, 0.3) is 10.8 Å². The molecule has 1 heteroatoms. The van der Waals surface area contributed by atoms with Crippen molar-refractivity contribution in [3.63, 3.8) is 0 Å². The van der Waals surface area contributed by atoms with Crippen molar-refractivity contribution < 1.29 is 0 Å². The highest BCUT2D eigenvalue weighted by Gasteiger charge is 2.07. The van der Waals surface area contributed by atoms with E-state index in [1.807, 2.05) is 6.92 Å². The van der Waals surface area contributed by atoms with Crippen LogP contribution in [-0.2, 0) is 6.42 Å². The fourth-order valence-corrected chi connectivity index (χ4v) is 2.44. The summed E-state index contributed by atoms with van der Waals surface area (Å²) in [7, 11) is 0. The topological polar surface area (TPSA) is 12.0 Å². The van der Waals surface area contributed by atoms with Crippen LogP contribution in [0.5, 0.6) is 0 Å². The van der Waals surface area contributed by atoms with Gasteiger partial charge in [0.05, 0.1) is 0 Å². The molecule has 0 saturated heterocycles. The Balaban J connectivity index is 2.11. The van der Waals surface area contributed by atoms with Crippen molar-refractivity contribution in [3.05, 3.63) is 48.0 Å². The predicted octanol–water partition coefficient (Wildman–Crippen LogP) is 4.16. The Labute approximate surface area is 122 Å². The van der Waals surface area contributed by atoms with Gasteiger partial charge in [-0.2, -0.15) is 0 Å². The molecule has 0 radical (unpaired) electrons. The second-order valence-corrected chi connectivity index (χ2v) is 5.17. The Morgan fingerprint density at radius 1 is 1.10 bits per heavy atom. The number of nitrogens with one attached hydrogen (secondary N) is 1. The Morgan fingerprint density at radius 2 is 1.90 bits per heavy atom. The summed E-state index contributed by atoms with van der Waals surface area (Å²) in [6.07, 6.45) is 3.12. The van der Waals surface area contributed by atoms with Gasteiger partial charge in [0.1, 0.15) is 0 Å². The van der Waals surface area contributed by atoms with Crippen LogP contribution < -0.4 is 5.32 Å². The molecular weight excluding hydrogens is 242 g/mol. The smallest absolute Gasteiger partial charge is 0.0246 e. The van der Waals surface area contributed by atoms with Crippen LogP contribution in [0.4, 0.5) is 0 Å². The van der Waals surface area contributed by atoms with E-state index in [0.29, 0.717) is 6.04 Å². The van der Waals surface area contributed by atoms with Crippen molar-refractivity contribution >= 4 is 10.8 Å². The van der Waals surface area contributed by atoms with Crippen molar-refractivity contribution in [2.75, 3.05) is 6.54 Å². The van der Waals surface area contributed by atoms with Gasteiger partial charge in [-0.25, -0.2) is 0 Å². The number of hydrogen-bond donors (Lipinski definition) is 1. The molecule has 1 N–H and O–H groups in total. The van der Waals surface area contributed by atoms with Gasteiger partial charge in [-0.1, -0.05) is 49.4 Å². The first kappa shape index (κ1) is 14.6. The van der Waals surface area contributed by atoms with E-state index in [1.54, 1.807) is 0 Å². The minimum atomic E-state index is 0.448. The lowest BCUT2D eigenvalue weighted by molar-refractivity contribution is 0.517. The van der Waals surface area contributed by atoms with Crippen LogP contribution >= 0.6 is 0 Å². The van der Waals surface area contributed by atoms with Crippen LogP contribution in [0.1, 0.15) is 32.3 Å². The predicted molar refractivity (Wildman–Crippen MR) is 87.8 cm³/mol. The molecule has 0 aliphatic heterocycles. The van der Waals surface area contributed by atoms with E-state index in [9.17, 15) is 0 Å². The number of benzene rings is 2.